The monoisotopic (exact) mass is 243 g/mol. The maximum Gasteiger partial charge on any atom is 0.208 e. The third-order valence-corrected chi connectivity index (χ3v) is 3.15. The Labute approximate surface area is 96.4 Å². The van der Waals surface area contributed by atoms with Crippen LogP contribution in [-0.2, 0) is 10.0 Å². The summed E-state index contributed by atoms with van der Waals surface area (Å²) in [6, 6.07) is 5.58. The highest BCUT2D eigenvalue weighted by molar-refractivity contribution is 7.88. The summed E-state index contributed by atoms with van der Waals surface area (Å²) in [5.74, 6) is 0. The van der Waals surface area contributed by atoms with Crippen molar-refractivity contribution >= 4 is 10.0 Å². The van der Waals surface area contributed by atoms with Crippen LogP contribution in [0.5, 0.6) is 0 Å². The number of aliphatic hydroxyl groups excluding tert-OH is 1. The normalized spacial score (nSPS) is 13.8. The molecule has 1 atom stereocenters. The number of sulfonamides is 1. The molecule has 0 aliphatic heterocycles. The van der Waals surface area contributed by atoms with Gasteiger partial charge in [-0.1, -0.05) is 18.2 Å². The summed E-state index contributed by atoms with van der Waals surface area (Å²) >= 11 is 0. The van der Waals surface area contributed by atoms with Crippen molar-refractivity contribution in [2.45, 2.75) is 20.0 Å². The second-order valence-electron chi connectivity index (χ2n) is 3.98. The number of hydrogen-bond donors (Lipinski definition) is 2. The van der Waals surface area contributed by atoms with E-state index in [2.05, 4.69) is 4.72 Å². The summed E-state index contributed by atoms with van der Waals surface area (Å²) < 4.78 is 24.0. The van der Waals surface area contributed by atoms with Crippen molar-refractivity contribution in [2.24, 2.45) is 0 Å². The van der Waals surface area contributed by atoms with E-state index in [0.29, 0.717) is 0 Å². The van der Waals surface area contributed by atoms with Crippen molar-refractivity contribution in [1.29, 1.82) is 0 Å². The van der Waals surface area contributed by atoms with Gasteiger partial charge in [-0.3, -0.25) is 0 Å². The van der Waals surface area contributed by atoms with Gasteiger partial charge in [-0.25, -0.2) is 13.1 Å². The van der Waals surface area contributed by atoms with Crippen molar-refractivity contribution in [3.8, 4) is 0 Å². The minimum atomic E-state index is -3.26. The van der Waals surface area contributed by atoms with E-state index in [0.717, 1.165) is 22.9 Å². The van der Waals surface area contributed by atoms with Crippen molar-refractivity contribution < 1.29 is 13.5 Å². The molecule has 1 unspecified atom stereocenters. The molecule has 16 heavy (non-hydrogen) atoms. The summed E-state index contributed by atoms with van der Waals surface area (Å²) in [5, 5.41) is 9.77. The number of rotatable bonds is 4. The molecular weight excluding hydrogens is 226 g/mol. The average molecular weight is 243 g/mol. The Morgan fingerprint density at radius 2 is 1.94 bits per heavy atom. The zero-order valence-electron chi connectivity index (χ0n) is 9.69. The molecule has 1 rings (SSSR count). The first-order valence-electron chi connectivity index (χ1n) is 4.99. The van der Waals surface area contributed by atoms with E-state index in [1.807, 2.05) is 26.0 Å². The summed E-state index contributed by atoms with van der Waals surface area (Å²) in [7, 11) is -3.26. The molecule has 0 amide bonds. The van der Waals surface area contributed by atoms with Gasteiger partial charge in [0.15, 0.2) is 0 Å². The quantitative estimate of drug-likeness (QED) is 0.825. The lowest BCUT2D eigenvalue weighted by Crippen LogP contribution is -2.27. The van der Waals surface area contributed by atoms with Crippen LogP contribution in [-0.4, -0.2) is 26.3 Å². The van der Waals surface area contributed by atoms with Crippen LogP contribution in [0.3, 0.4) is 0 Å². The molecule has 0 bridgehead atoms. The molecule has 0 aromatic heterocycles. The van der Waals surface area contributed by atoms with Crippen LogP contribution in [0.2, 0.25) is 0 Å². The molecule has 0 saturated carbocycles. The number of benzene rings is 1. The van der Waals surface area contributed by atoms with Crippen LogP contribution in [0.1, 0.15) is 22.8 Å². The third-order valence-electron chi connectivity index (χ3n) is 2.45. The number of nitrogens with one attached hydrogen (secondary N) is 1. The fraction of sp³-hybridized carbons (Fsp3) is 0.455. The largest absolute Gasteiger partial charge is 0.387 e. The van der Waals surface area contributed by atoms with E-state index in [1.165, 1.54) is 0 Å². The molecule has 0 aliphatic carbocycles. The molecule has 1 aromatic carbocycles. The zero-order valence-corrected chi connectivity index (χ0v) is 10.5. The van der Waals surface area contributed by atoms with Crippen LogP contribution in [0.25, 0.3) is 0 Å². The van der Waals surface area contributed by atoms with Crippen LogP contribution >= 0.6 is 0 Å². The van der Waals surface area contributed by atoms with E-state index >= 15 is 0 Å². The topological polar surface area (TPSA) is 66.4 Å². The highest BCUT2D eigenvalue weighted by atomic mass is 32.2. The van der Waals surface area contributed by atoms with Gasteiger partial charge in [-0.15, -0.1) is 0 Å². The molecule has 0 aliphatic rings. The van der Waals surface area contributed by atoms with Crippen molar-refractivity contribution in [3.63, 3.8) is 0 Å². The molecule has 0 heterocycles. The molecule has 2 N–H and O–H groups in total. The molecule has 90 valence electrons. The molecule has 0 spiro atoms. The first kappa shape index (κ1) is 13.2. The zero-order chi connectivity index (χ0) is 12.3. The molecular formula is C11H17NO3S. The molecule has 1 aromatic rings. The highest BCUT2D eigenvalue weighted by Gasteiger charge is 2.10. The molecule has 0 radical (unpaired) electrons. The van der Waals surface area contributed by atoms with Gasteiger partial charge in [0.25, 0.3) is 0 Å². The van der Waals surface area contributed by atoms with Crippen LogP contribution in [0.15, 0.2) is 18.2 Å². The Balaban J connectivity index is 2.73. The van der Waals surface area contributed by atoms with Gasteiger partial charge in [0.2, 0.25) is 10.0 Å². The Bertz CT molecular complexity index is 468. The standard InChI is InChI=1S/C11H17NO3S/c1-8-4-5-10(6-9(8)2)11(13)7-12-16(3,14)15/h4-6,11-13H,7H2,1-3H3. The van der Waals surface area contributed by atoms with Gasteiger partial charge in [0.05, 0.1) is 12.4 Å². The van der Waals surface area contributed by atoms with E-state index < -0.39 is 16.1 Å². The van der Waals surface area contributed by atoms with Gasteiger partial charge in [0.1, 0.15) is 0 Å². The van der Waals surface area contributed by atoms with Gasteiger partial charge in [-0.2, -0.15) is 0 Å². The average Bonchev–Trinajstić information content (AvgIpc) is 2.17. The van der Waals surface area contributed by atoms with E-state index in [1.54, 1.807) is 6.07 Å². The number of aryl methyl sites for hydroxylation is 2. The Morgan fingerprint density at radius 3 is 2.44 bits per heavy atom. The predicted molar refractivity (Wildman–Crippen MR) is 63.7 cm³/mol. The Hall–Kier alpha value is -0.910. The number of hydrogen-bond acceptors (Lipinski definition) is 3. The lowest BCUT2D eigenvalue weighted by atomic mass is 10.0. The maximum atomic E-state index is 10.9. The second-order valence-corrected chi connectivity index (χ2v) is 5.81. The summed E-state index contributed by atoms with van der Waals surface area (Å²) in [4.78, 5) is 0. The first-order valence-corrected chi connectivity index (χ1v) is 6.88. The van der Waals surface area contributed by atoms with Crippen LogP contribution in [0, 0.1) is 13.8 Å². The van der Waals surface area contributed by atoms with Crippen LogP contribution in [0.4, 0.5) is 0 Å². The minimum absolute atomic E-state index is 0.00132. The maximum absolute atomic E-state index is 10.9. The molecule has 4 nitrogen and oxygen atoms in total. The Kier molecular flexibility index (Phi) is 4.07. The molecule has 0 saturated heterocycles. The van der Waals surface area contributed by atoms with Crippen molar-refractivity contribution in [3.05, 3.63) is 34.9 Å². The fourth-order valence-corrected chi connectivity index (χ4v) is 1.78. The van der Waals surface area contributed by atoms with E-state index in [4.69, 9.17) is 0 Å². The van der Waals surface area contributed by atoms with Gasteiger partial charge >= 0.3 is 0 Å². The van der Waals surface area contributed by atoms with Gasteiger partial charge in [-0.05, 0) is 30.5 Å². The van der Waals surface area contributed by atoms with Gasteiger partial charge < -0.3 is 5.11 Å². The lowest BCUT2D eigenvalue weighted by Gasteiger charge is -2.12. The van der Waals surface area contributed by atoms with E-state index in [-0.39, 0.29) is 6.54 Å². The Morgan fingerprint density at radius 1 is 1.31 bits per heavy atom. The SMILES string of the molecule is Cc1ccc(C(O)CNS(C)(=O)=O)cc1C. The van der Waals surface area contributed by atoms with Crippen molar-refractivity contribution in [1.82, 2.24) is 4.72 Å². The molecule has 5 heteroatoms. The number of aliphatic hydroxyl groups is 1. The highest BCUT2D eigenvalue weighted by Crippen LogP contribution is 2.16. The van der Waals surface area contributed by atoms with Crippen LogP contribution < -0.4 is 4.72 Å². The fourth-order valence-electron chi connectivity index (χ4n) is 1.32. The molecule has 0 fully saturated rings. The first-order chi connectivity index (χ1) is 7.29. The summed E-state index contributed by atoms with van der Waals surface area (Å²) in [6.45, 7) is 3.94. The van der Waals surface area contributed by atoms with Gasteiger partial charge in [0, 0.05) is 6.54 Å². The lowest BCUT2D eigenvalue weighted by molar-refractivity contribution is 0.182. The predicted octanol–water partition coefficient (Wildman–Crippen LogP) is 0.886. The summed E-state index contributed by atoms with van der Waals surface area (Å²) in [5.41, 5.74) is 2.95. The second kappa shape index (κ2) is 4.95. The summed E-state index contributed by atoms with van der Waals surface area (Å²) in [6.07, 6.45) is 0.258. The van der Waals surface area contributed by atoms with E-state index in [9.17, 15) is 13.5 Å². The minimum Gasteiger partial charge on any atom is -0.387 e. The smallest absolute Gasteiger partial charge is 0.208 e. The van der Waals surface area contributed by atoms with Crippen molar-refractivity contribution in [2.75, 3.05) is 12.8 Å². The third kappa shape index (κ3) is 3.92.